The molecular weight excluding hydrogens is 318 g/mol. The van der Waals surface area contributed by atoms with Crippen molar-refractivity contribution in [1.82, 2.24) is 20.4 Å². The van der Waals surface area contributed by atoms with Crippen LogP contribution in [0.5, 0.6) is 0 Å². The van der Waals surface area contributed by atoms with Gasteiger partial charge in [-0.1, -0.05) is 12.1 Å². The van der Waals surface area contributed by atoms with Gasteiger partial charge in [0.25, 0.3) is 0 Å². The van der Waals surface area contributed by atoms with E-state index < -0.39 is 6.03 Å². The Kier molecular flexibility index (Phi) is 7.38. The normalized spacial score (nSPS) is 15.8. The minimum atomic E-state index is -0.440. The lowest BCUT2D eigenvalue weighted by Crippen LogP contribution is -2.45. The van der Waals surface area contributed by atoms with Crippen molar-refractivity contribution in [3.05, 3.63) is 35.4 Å². The number of amides is 3. The van der Waals surface area contributed by atoms with Crippen molar-refractivity contribution in [1.29, 1.82) is 5.26 Å². The molecule has 1 aliphatic heterocycles. The number of carbonyl (C=O) groups is 2. The Bertz CT molecular complexity index is 623. The molecule has 0 spiro atoms. The molecule has 3 amide bonds. The smallest absolute Gasteiger partial charge is 0.321 e. The molecular formula is C18H25N5O2. The number of hydrogen-bond acceptors (Lipinski definition) is 5. The molecule has 1 aromatic carbocycles. The predicted octanol–water partition coefficient (Wildman–Crippen LogP) is 0.912. The Labute approximate surface area is 148 Å². The summed E-state index contributed by atoms with van der Waals surface area (Å²) in [5.74, 6) is -0.272. The Morgan fingerprint density at radius 2 is 1.80 bits per heavy atom. The fourth-order valence-corrected chi connectivity index (χ4v) is 2.86. The largest absolute Gasteiger partial charge is 0.338 e. The first-order valence-corrected chi connectivity index (χ1v) is 8.62. The van der Waals surface area contributed by atoms with E-state index >= 15 is 0 Å². The molecule has 0 saturated carbocycles. The Balaban J connectivity index is 1.78. The van der Waals surface area contributed by atoms with Crippen molar-refractivity contribution >= 4 is 11.9 Å². The van der Waals surface area contributed by atoms with Crippen molar-refractivity contribution in [2.24, 2.45) is 0 Å². The van der Waals surface area contributed by atoms with Gasteiger partial charge in [0, 0.05) is 26.2 Å². The molecule has 1 fully saturated rings. The second kappa shape index (κ2) is 9.77. The summed E-state index contributed by atoms with van der Waals surface area (Å²) in [6.45, 7) is 6.84. The van der Waals surface area contributed by atoms with E-state index in [1.54, 1.807) is 6.92 Å². The van der Waals surface area contributed by atoms with Crippen LogP contribution >= 0.6 is 0 Å². The Morgan fingerprint density at radius 1 is 1.12 bits per heavy atom. The summed E-state index contributed by atoms with van der Waals surface area (Å²) in [6, 6.07) is 9.34. The first-order valence-electron chi connectivity index (χ1n) is 8.62. The molecule has 7 heteroatoms. The lowest BCUT2D eigenvalue weighted by molar-refractivity contribution is -0.121. The number of nitrogens with zero attached hydrogens (tertiary/aromatic N) is 3. The number of nitriles is 1. The third-order valence-corrected chi connectivity index (χ3v) is 4.13. The van der Waals surface area contributed by atoms with E-state index in [0.29, 0.717) is 12.1 Å². The lowest BCUT2D eigenvalue weighted by atomic mass is 10.1. The molecule has 1 saturated heterocycles. The molecule has 0 radical (unpaired) electrons. The number of nitrogens with one attached hydrogen (secondary N) is 2. The topological polar surface area (TPSA) is 88.5 Å². The summed E-state index contributed by atoms with van der Waals surface area (Å²) in [4.78, 5) is 27.7. The number of imide groups is 1. The molecule has 0 bridgehead atoms. The highest BCUT2D eigenvalue weighted by molar-refractivity contribution is 5.95. The second-order valence-electron chi connectivity index (χ2n) is 6.12. The number of carbonyl (C=O) groups excluding carboxylic acids is 2. The highest BCUT2D eigenvalue weighted by atomic mass is 16.2. The van der Waals surface area contributed by atoms with Crippen LogP contribution in [0.25, 0.3) is 0 Å². The molecule has 2 N–H and O–H groups in total. The zero-order chi connectivity index (χ0) is 18.1. The Hall–Kier alpha value is -2.43. The molecule has 2 rings (SSSR count). The molecule has 0 aliphatic carbocycles. The number of rotatable bonds is 5. The molecule has 1 heterocycles. The summed E-state index contributed by atoms with van der Waals surface area (Å²) < 4.78 is 0. The molecule has 0 aromatic heterocycles. The van der Waals surface area contributed by atoms with Crippen molar-refractivity contribution in [2.75, 3.05) is 39.3 Å². The minimum absolute atomic E-state index is 0.238. The van der Waals surface area contributed by atoms with Crippen molar-refractivity contribution in [3.8, 4) is 6.07 Å². The quantitative estimate of drug-likeness (QED) is 0.830. The van der Waals surface area contributed by atoms with Gasteiger partial charge in [0.15, 0.2) is 0 Å². The summed E-state index contributed by atoms with van der Waals surface area (Å²) in [5.41, 5.74) is 1.85. The first-order chi connectivity index (χ1) is 12.1. The van der Waals surface area contributed by atoms with Gasteiger partial charge >= 0.3 is 6.03 Å². The first kappa shape index (κ1) is 18.9. The molecule has 0 unspecified atom stereocenters. The van der Waals surface area contributed by atoms with E-state index in [4.69, 9.17) is 5.26 Å². The fraction of sp³-hybridized carbons (Fsp3) is 0.500. The maximum absolute atomic E-state index is 11.9. The van der Waals surface area contributed by atoms with E-state index in [0.717, 1.165) is 39.1 Å². The molecule has 0 atom stereocenters. The summed E-state index contributed by atoms with van der Waals surface area (Å²) in [7, 11) is 0. The maximum Gasteiger partial charge on any atom is 0.321 e. The van der Waals surface area contributed by atoms with Crippen molar-refractivity contribution in [2.45, 2.75) is 19.9 Å². The Morgan fingerprint density at radius 3 is 2.48 bits per heavy atom. The molecule has 134 valence electrons. The summed E-state index contributed by atoms with van der Waals surface area (Å²) in [6.07, 6.45) is 0.977. The highest BCUT2D eigenvalue weighted by Gasteiger charge is 2.18. The van der Waals surface area contributed by atoms with Gasteiger partial charge in [-0.3, -0.25) is 19.9 Å². The lowest BCUT2D eigenvalue weighted by Gasteiger charge is -2.21. The van der Waals surface area contributed by atoms with Gasteiger partial charge in [-0.15, -0.1) is 0 Å². The van der Waals surface area contributed by atoms with Crippen LogP contribution in [0, 0.1) is 11.3 Å². The third kappa shape index (κ3) is 6.53. The van der Waals surface area contributed by atoms with Gasteiger partial charge in [0.2, 0.25) is 5.91 Å². The minimum Gasteiger partial charge on any atom is -0.338 e. The van der Waals surface area contributed by atoms with Crippen LogP contribution in [-0.4, -0.2) is 61.0 Å². The molecule has 25 heavy (non-hydrogen) atoms. The van der Waals surface area contributed by atoms with Crippen LogP contribution in [0.4, 0.5) is 4.79 Å². The van der Waals surface area contributed by atoms with Crippen LogP contribution in [-0.2, 0) is 11.3 Å². The van der Waals surface area contributed by atoms with Crippen molar-refractivity contribution < 1.29 is 9.59 Å². The SMILES string of the molecule is CCNC(=O)NC(=O)CN1CCCN(Cc2ccc(C#N)cc2)CC1. The third-order valence-electron chi connectivity index (χ3n) is 4.13. The summed E-state index contributed by atoms with van der Waals surface area (Å²) in [5, 5.41) is 13.7. The van der Waals surface area contributed by atoms with E-state index in [9.17, 15) is 9.59 Å². The molecule has 1 aromatic rings. The number of hydrogen-bond donors (Lipinski definition) is 2. The van der Waals surface area contributed by atoms with E-state index in [1.165, 1.54) is 5.56 Å². The van der Waals surface area contributed by atoms with E-state index in [2.05, 4.69) is 26.5 Å². The van der Waals surface area contributed by atoms with Crippen LogP contribution in [0.15, 0.2) is 24.3 Å². The van der Waals surface area contributed by atoms with Gasteiger partial charge in [0.1, 0.15) is 0 Å². The molecule has 1 aliphatic rings. The van der Waals surface area contributed by atoms with Crippen LogP contribution in [0.3, 0.4) is 0 Å². The summed E-state index contributed by atoms with van der Waals surface area (Å²) >= 11 is 0. The fourth-order valence-electron chi connectivity index (χ4n) is 2.86. The second-order valence-corrected chi connectivity index (χ2v) is 6.12. The van der Waals surface area contributed by atoms with E-state index in [-0.39, 0.29) is 12.5 Å². The van der Waals surface area contributed by atoms with Gasteiger partial charge < -0.3 is 5.32 Å². The van der Waals surface area contributed by atoms with Crippen LogP contribution in [0.2, 0.25) is 0 Å². The average molecular weight is 343 g/mol. The number of urea groups is 1. The van der Waals surface area contributed by atoms with Gasteiger partial charge in [-0.2, -0.15) is 5.26 Å². The number of benzene rings is 1. The van der Waals surface area contributed by atoms with Crippen LogP contribution in [0.1, 0.15) is 24.5 Å². The monoisotopic (exact) mass is 343 g/mol. The van der Waals surface area contributed by atoms with E-state index in [1.807, 2.05) is 24.3 Å². The van der Waals surface area contributed by atoms with Gasteiger partial charge in [0.05, 0.1) is 18.2 Å². The maximum atomic E-state index is 11.9. The van der Waals surface area contributed by atoms with Crippen molar-refractivity contribution in [3.63, 3.8) is 0 Å². The zero-order valence-corrected chi connectivity index (χ0v) is 14.6. The van der Waals surface area contributed by atoms with Gasteiger partial charge in [-0.05, 0) is 44.1 Å². The highest BCUT2D eigenvalue weighted by Crippen LogP contribution is 2.10. The predicted molar refractivity (Wildman–Crippen MR) is 94.7 cm³/mol. The standard InChI is InChI=1S/C18H25N5O2/c1-2-20-18(25)21-17(24)14-23-9-3-8-22(10-11-23)13-16-6-4-15(12-19)5-7-16/h4-7H,2-3,8-11,13-14H2,1H3,(H2,20,21,24,25). The van der Waals surface area contributed by atoms with Gasteiger partial charge in [-0.25, -0.2) is 4.79 Å². The average Bonchev–Trinajstić information content (AvgIpc) is 2.81. The molecule has 7 nitrogen and oxygen atoms in total. The van der Waals surface area contributed by atoms with Crippen LogP contribution < -0.4 is 10.6 Å². The zero-order valence-electron chi connectivity index (χ0n) is 14.6.